The molecule has 1 aromatic heterocycles. The fraction of sp³-hybridized carbons (Fsp3) is 0.167. The molecule has 0 bridgehead atoms. The van der Waals surface area contributed by atoms with Crippen molar-refractivity contribution in [3.05, 3.63) is 101 Å². The number of para-hydroxylation sites is 1. The molecule has 0 aliphatic carbocycles. The van der Waals surface area contributed by atoms with E-state index in [4.69, 9.17) is 0 Å². The van der Waals surface area contributed by atoms with Crippen LogP contribution in [-0.2, 0) is 6.42 Å². The zero-order valence-electron chi connectivity index (χ0n) is 15.9. The SMILES string of the molecule is Cc1ccc(CCN[C@H](C(=O)c2n[nH]c3ccccc23)c2ccccc2)cc1. The van der Waals surface area contributed by atoms with Crippen molar-refractivity contribution >= 4 is 16.7 Å². The first-order chi connectivity index (χ1) is 13.7. The number of hydrogen-bond donors (Lipinski definition) is 2. The summed E-state index contributed by atoms with van der Waals surface area (Å²) in [6.45, 7) is 2.79. The fourth-order valence-electron chi connectivity index (χ4n) is 3.41. The number of nitrogens with one attached hydrogen (secondary N) is 2. The van der Waals surface area contributed by atoms with Gasteiger partial charge in [-0.3, -0.25) is 9.89 Å². The summed E-state index contributed by atoms with van der Waals surface area (Å²) in [6, 6.07) is 25.6. The van der Waals surface area contributed by atoms with Gasteiger partial charge in [0.05, 0.1) is 11.6 Å². The van der Waals surface area contributed by atoms with Crippen molar-refractivity contribution in [1.29, 1.82) is 0 Å². The fourth-order valence-corrected chi connectivity index (χ4v) is 3.41. The molecule has 28 heavy (non-hydrogen) atoms. The van der Waals surface area contributed by atoms with Crippen LogP contribution in [0.15, 0.2) is 78.9 Å². The molecular formula is C24H23N3O. The average Bonchev–Trinajstić information content (AvgIpc) is 3.17. The van der Waals surface area contributed by atoms with Crippen LogP contribution in [-0.4, -0.2) is 22.5 Å². The monoisotopic (exact) mass is 369 g/mol. The number of rotatable bonds is 7. The lowest BCUT2D eigenvalue weighted by atomic mass is 9.98. The molecule has 0 aliphatic heterocycles. The Hall–Kier alpha value is -3.24. The van der Waals surface area contributed by atoms with Gasteiger partial charge in [0.25, 0.3) is 0 Å². The van der Waals surface area contributed by atoms with E-state index in [0.717, 1.165) is 22.9 Å². The van der Waals surface area contributed by atoms with Crippen molar-refractivity contribution < 1.29 is 4.79 Å². The van der Waals surface area contributed by atoms with E-state index in [9.17, 15) is 4.79 Å². The standard InChI is InChI=1S/C24H23N3O/c1-17-11-13-18(14-12-17)15-16-25-22(19-7-3-2-4-8-19)24(28)23-20-9-5-6-10-21(20)26-27-23/h2-14,22,25H,15-16H2,1H3,(H,26,27)/t22-/m0/s1. The van der Waals surface area contributed by atoms with Crippen molar-refractivity contribution in [2.75, 3.05) is 6.54 Å². The first-order valence-electron chi connectivity index (χ1n) is 9.53. The first kappa shape index (κ1) is 18.1. The molecule has 1 heterocycles. The van der Waals surface area contributed by atoms with Crippen molar-refractivity contribution in [3.63, 3.8) is 0 Å². The number of carbonyl (C=O) groups excluding carboxylic acids is 1. The van der Waals surface area contributed by atoms with Gasteiger partial charge in [0.2, 0.25) is 5.78 Å². The summed E-state index contributed by atoms with van der Waals surface area (Å²) < 4.78 is 0. The van der Waals surface area contributed by atoms with Gasteiger partial charge in [-0.05, 0) is 30.5 Å². The molecule has 3 aromatic carbocycles. The lowest BCUT2D eigenvalue weighted by Gasteiger charge is -2.17. The maximum atomic E-state index is 13.4. The molecule has 4 nitrogen and oxygen atoms in total. The maximum absolute atomic E-state index is 13.4. The number of aryl methyl sites for hydroxylation is 1. The Morgan fingerprint density at radius 1 is 0.964 bits per heavy atom. The predicted molar refractivity (Wildman–Crippen MR) is 112 cm³/mol. The van der Waals surface area contributed by atoms with Gasteiger partial charge < -0.3 is 5.32 Å². The van der Waals surface area contributed by atoms with Gasteiger partial charge >= 0.3 is 0 Å². The van der Waals surface area contributed by atoms with Crippen LogP contribution < -0.4 is 5.32 Å². The number of aromatic nitrogens is 2. The van der Waals surface area contributed by atoms with Crippen LogP contribution in [0.4, 0.5) is 0 Å². The molecule has 0 spiro atoms. The van der Waals surface area contributed by atoms with Gasteiger partial charge in [-0.2, -0.15) is 5.10 Å². The molecule has 0 saturated heterocycles. The Morgan fingerprint density at radius 2 is 1.68 bits per heavy atom. The van der Waals surface area contributed by atoms with E-state index in [1.807, 2.05) is 54.6 Å². The van der Waals surface area contributed by atoms with Gasteiger partial charge in [0, 0.05) is 11.9 Å². The van der Waals surface area contributed by atoms with Gasteiger partial charge in [-0.15, -0.1) is 0 Å². The van der Waals surface area contributed by atoms with E-state index in [1.54, 1.807) is 0 Å². The number of nitrogens with zero attached hydrogens (tertiary/aromatic N) is 1. The van der Waals surface area contributed by atoms with E-state index in [0.29, 0.717) is 12.2 Å². The second kappa shape index (κ2) is 8.19. The summed E-state index contributed by atoms with van der Waals surface area (Å²) in [4.78, 5) is 13.4. The number of ketones is 1. The normalized spacial score (nSPS) is 12.2. The van der Waals surface area contributed by atoms with E-state index in [1.165, 1.54) is 11.1 Å². The Morgan fingerprint density at radius 3 is 2.46 bits per heavy atom. The molecule has 0 unspecified atom stereocenters. The number of Topliss-reactive ketones (excluding diaryl/α,β-unsaturated/α-hetero) is 1. The molecule has 4 heteroatoms. The smallest absolute Gasteiger partial charge is 0.205 e. The van der Waals surface area contributed by atoms with Crippen LogP contribution >= 0.6 is 0 Å². The molecule has 1 atom stereocenters. The molecule has 0 amide bonds. The molecule has 0 fully saturated rings. The Kier molecular flexibility index (Phi) is 5.31. The quantitative estimate of drug-likeness (QED) is 0.467. The van der Waals surface area contributed by atoms with Crippen LogP contribution in [0.3, 0.4) is 0 Å². The highest BCUT2D eigenvalue weighted by Gasteiger charge is 2.25. The van der Waals surface area contributed by atoms with Crippen LogP contribution in [0.25, 0.3) is 10.9 Å². The van der Waals surface area contributed by atoms with Crippen molar-refractivity contribution in [3.8, 4) is 0 Å². The zero-order valence-corrected chi connectivity index (χ0v) is 15.9. The molecule has 140 valence electrons. The number of carbonyl (C=O) groups is 1. The third-order valence-electron chi connectivity index (χ3n) is 4.98. The summed E-state index contributed by atoms with van der Waals surface area (Å²) in [6.07, 6.45) is 0.859. The molecule has 4 rings (SSSR count). The summed E-state index contributed by atoms with van der Waals surface area (Å²) >= 11 is 0. The summed E-state index contributed by atoms with van der Waals surface area (Å²) in [7, 11) is 0. The first-order valence-corrected chi connectivity index (χ1v) is 9.53. The maximum Gasteiger partial charge on any atom is 0.205 e. The average molecular weight is 369 g/mol. The number of benzene rings is 3. The lowest BCUT2D eigenvalue weighted by Crippen LogP contribution is -2.30. The Bertz CT molecular complexity index is 1070. The second-order valence-electron chi connectivity index (χ2n) is 7.02. The summed E-state index contributed by atoms with van der Waals surface area (Å²) in [5, 5.41) is 11.6. The number of H-pyrrole nitrogens is 1. The van der Waals surface area contributed by atoms with Crippen LogP contribution in [0.2, 0.25) is 0 Å². The minimum atomic E-state index is -0.432. The highest BCUT2D eigenvalue weighted by atomic mass is 16.1. The molecule has 4 aromatic rings. The van der Waals surface area contributed by atoms with Gasteiger partial charge in [0.15, 0.2) is 0 Å². The molecule has 0 radical (unpaired) electrons. The van der Waals surface area contributed by atoms with Crippen molar-refractivity contribution in [2.24, 2.45) is 0 Å². The number of fused-ring (bicyclic) bond motifs is 1. The van der Waals surface area contributed by atoms with Gasteiger partial charge in [0.1, 0.15) is 5.69 Å². The largest absolute Gasteiger partial charge is 0.303 e. The Labute approximate surface area is 164 Å². The third-order valence-corrected chi connectivity index (χ3v) is 4.98. The lowest BCUT2D eigenvalue weighted by molar-refractivity contribution is 0.0940. The molecule has 0 aliphatic rings. The van der Waals surface area contributed by atoms with Crippen molar-refractivity contribution in [2.45, 2.75) is 19.4 Å². The summed E-state index contributed by atoms with van der Waals surface area (Å²) in [5.74, 6) is -0.0208. The predicted octanol–water partition coefficient (Wildman–Crippen LogP) is 4.63. The number of hydrogen-bond acceptors (Lipinski definition) is 3. The topological polar surface area (TPSA) is 57.8 Å². The van der Waals surface area contributed by atoms with Gasteiger partial charge in [-0.1, -0.05) is 78.4 Å². The van der Waals surface area contributed by atoms with E-state index < -0.39 is 6.04 Å². The van der Waals surface area contributed by atoms with E-state index in [-0.39, 0.29) is 5.78 Å². The zero-order chi connectivity index (χ0) is 19.3. The number of aromatic amines is 1. The van der Waals surface area contributed by atoms with Crippen LogP contribution in [0, 0.1) is 6.92 Å². The van der Waals surface area contributed by atoms with Crippen LogP contribution in [0.1, 0.15) is 33.2 Å². The molecular weight excluding hydrogens is 346 g/mol. The van der Waals surface area contributed by atoms with E-state index >= 15 is 0 Å². The minimum absolute atomic E-state index is 0.0208. The van der Waals surface area contributed by atoms with Crippen molar-refractivity contribution in [1.82, 2.24) is 15.5 Å². The van der Waals surface area contributed by atoms with Gasteiger partial charge in [-0.25, -0.2) is 0 Å². The summed E-state index contributed by atoms with van der Waals surface area (Å²) in [5.41, 5.74) is 4.80. The molecule has 0 saturated carbocycles. The van der Waals surface area contributed by atoms with E-state index in [2.05, 4.69) is 46.7 Å². The highest BCUT2D eigenvalue weighted by molar-refractivity contribution is 6.08. The Balaban J connectivity index is 1.57. The molecule has 2 N–H and O–H groups in total. The second-order valence-corrected chi connectivity index (χ2v) is 7.02. The highest BCUT2D eigenvalue weighted by Crippen LogP contribution is 2.23. The van der Waals surface area contributed by atoms with Crippen LogP contribution in [0.5, 0.6) is 0 Å². The third kappa shape index (κ3) is 3.87. The minimum Gasteiger partial charge on any atom is -0.303 e.